The molecule has 0 saturated heterocycles. The SMILES string of the molecule is C[C@]12CC[C@H](O[Si](C)(C)C)CC1=CC[C@@H]1[C@@H]2CC[C@]2(C)C(=NO[Si](C)(C)C)[C@@H](O[Si](C)(C)C)C[C@@H]12. The smallest absolute Gasteiger partial charge is 0.278 e. The summed E-state index contributed by atoms with van der Waals surface area (Å²) in [6, 6.07) is 0. The van der Waals surface area contributed by atoms with Crippen LogP contribution in [0.15, 0.2) is 16.8 Å². The van der Waals surface area contributed by atoms with Crippen molar-refractivity contribution in [2.75, 3.05) is 0 Å². The van der Waals surface area contributed by atoms with Crippen molar-refractivity contribution in [3.8, 4) is 0 Å². The average molecular weight is 536 g/mol. The largest absolute Gasteiger partial charge is 0.456 e. The minimum Gasteiger partial charge on any atom is -0.456 e. The van der Waals surface area contributed by atoms with Gasteiger partial charge in [-0.15, -0.1) is 5.16 Å². The van der Waals surface area contributed by atoms with Crippen LogP contribution in [0.1, 0.15) is 58.8 Å². The van der Waals surface area contributed by atoms with Crippen LogP contribution in [-0.4, -0.2) is 42.9 Å². The maximum absolute atomic E-state index is 6.82. The summed E-state index contributed by atoms with van der Waals surface area (Å²) in [4.78, 5) is 0. The quantitative estimate of drug-likeness (QED) is 0.195. The summed E-state index contributed by atoms with van der Waals surface area (Å²) in [5, 5.41) is 4.94. The van der Waals surface area contributed by atoms with Crippen LogP contribution in [0.2, 0.25) is 58.9 Å². The number of oxime groups is 1. The number of rotatable bonds is 6. The van der Waals surface area contributed by atoms with Gasteiger partial charge in [0, 0.05) is 11.5 Å². The first kappa shape index (κ1) is 27.8. The highest BCUT2D eigenvalue weighted by atomic mass is 28.4. The van der Waals surface area contributed by atoms with E-state index in [1.165, 1.54) is 37.8 Å². The molecular weight excluding hydrogens is 483 g/mol. The van der Waals surface area contributed by atoms with Gasteiger partial charge < -0.3 is 13.4 Å². The van der Waals surface area contributed by atoms with Gasteiger partial charge in [-0.05, 0) is 127 Å². The normalized spacial score (nSPS) is 41.2. The predicted molar refractivity (Wildman–Crippen MR) is 155 cm³/mol. The van der Waals surface area contributed by atoms with Gasteiger partial charge in [-0.25, -0.2) is 0 Å². The molecule has 0 bridgehead atoms. The van der Waals surface area contributed by atoms with Crippen LogP contribution < -0.4 is 0 Å². The minimum atomic E-state index is -1.75. The molecule has 0 aliphatic heterocycles. The Hall–Kier alpha value is -0.219. The zero-order chi connectivity index (χ0) is 26.0. The van der Waals surface area contributed by atoms with Gasteiger partial charge in [0.25, 0.3) is 8.32 Å². The standard InChI is InChI=1S/C28H53NO3Si3/c1-27-16-14-21(30-33(3,4)5)18-20(27)12-13-22-23(27)15-17-28(2)24(22)19-25(31-34(6,7)8)26(28)29-32-35(9,10)11/h12,21-25H,13-19H2,1-11H3/t21-,22+,23-,24-,25-,27-,28-/m0/s1. The molecule has 7 atom stereocenters. The van der Waals surface area contributed by atoms with Crippen LogP contribution in [0, 0.1) is 28.6 Å². The van der Waals surface area contributed by atoms with E-state index in [-0.39, 0.29) is 11.5 Å². The molecule has 0 amide bonds. The van der Waals surface area contributed by atoms with E-state index in [9.17, 15) is 0 Å². The second kappa shape index (κ2) is 9.21. The van der Waals surface area contributed by atoms with E-state index in [0.29, 0.717) is 17.4 Å². The van der Waals surface area contributed by atoms with Gasteiger partial charge in [-0.3, -0.25) is 0 Å². The van der Waals surface area contributed by atoms with Crippen LogP contribution in [0.25, 0.3) is 0 Å². The molecule has 0 aromatic carbocycles. The van der Waals surface area contributed by atoms with E-state index in [1.54, 1.807) is 5.57 Å². The van der Waals surface area contributed by atoms with Crippen molar-refractivity contribution >= 4 is 30.7 Å². The first-order valence-electron chi connectivity index (χ1n) is 14.2. The molecule has 0 radical (unpaired) electrons. The molecule has 35 heavy (non-hydrogen) atoms. The molecule has 0 unspecified atom stereocenters. The van der Waals surface area contributed by atoms with Gasteiger partial charge in [0.05, 0.1) is 11.8 Å². The third-order valence-electron chi connectivity index (χ3n) is 9.24. The second-order valence-electron chi connectivity index (χ2n) is 15.4. The fourth-order valence-electron chi connectivity index (χ4n) is 7.89. The lowest BCUT2D eigenvalue weighted by Crippen LogP contribution is -2.51. The first-order valence-corrected chi connectivity index (χ1v) is 24.5. The lowest BCUT2D eigenvalue weighted by atomic mass is 9.48. The summed E-state index contributed by atoms with van der Waals surface area (Å²) in [5.74, 6) is 2.14. The van der Waals surface area contributed by atoms with E-state index in [0.717, 1.165) is 24.7 Å². The minimum absolute atomic E-state index is 0.102. The lowest BCUT2D eigenvalue weighted by Gasteiger charge is -2.57. The molecule has 0 aromatic heterocycles. The summed E-state index contributed by atoms with van der Waals surface area (Å²) in [6.45, 7) is 25.7. The predicted octanol–water partition coefficient (Wildman–Crippen LogP) is 8.21. The van der Waals surface area contributed by atoms with Crippen molar-refractivity contribution in [1.29, 1.82) is 0 Å². The molecule has 200 valence electrons. The van der Waals surface area contributed by atoms with Crippen LogP contribution in [0.4, 0.5) is 0 Å². The fourth-order valence-corrected chi connectivity index (χ4v) is 10.5. The van der Waals surface area contributed by atoms with E-state index in [2.05, 4.69) is 78.8 Å². The molecule has 4 nitrogen and oxygen atoms in total. The van der Waals surface area contributed by atoms with Crippen LogP contribution >= 0.6 is 0 Å². The molecule has 4 aliphatic carbocycles. The van der Waals surface area contributed by atoms with Crippen molar-refractivity contribution in [2.24, 2.45) is 33.7 Å². The first-order chi connectivity index (χ1) is 15.9. The van der Waals surface area contributed by atoms with Crippen LogP contribution in [0.3, 0.4) is 0 Å². The van der Waals surface area contributed by atoms with E-state index in [4.69, 9.17) is 18.5 Å². The van der Waals surface area contributed by atoms with Gasteiger partial charge in [-0.2, -0.15) is 0 Å². The van der Waals surface area contributed by atoms with Crippen molar-refractivity contribution in [2.45, 2.75) is 130 Å². The van der Waals surface area contributed by atoms with Gasteiger partial charge in [0.15, 0.2) is 16.6 Å². The van der Waals surface area contributed by atoms with Crippen molar-refractivity contribution in [3.63, 3.8) is 0 Å². The summed E-state index contributed by atoms with van der Waals surface area (Å²) in [5.41, 5.74) is 3.39. The molecule has 0 heterocycles. The summed E-state index contributed by atoms with van der Waals surface area (Å²) in [6.07, 6.45) is 11.7. The topological polar surface area (TPSA) is 40.0 Å². The third kappa shape index (κ3) is 5.79. The monoisotopic (exact) mass is 535 g/mol. The zero-order valence-corrected chi connectivity index (χ0v) is 27.6. The number of allylic oxidation sites excluding steroid dienone is 1. The number of nitrogens with zero attached hydrogens (tertiary/aromatic N) is 1. The zero-order valence-electron chi connectivity index (χ0n) is 24.6. The molecule has 0 N–H and O–H groups in total. The second-order valence-corrected chi connectivity index (χ2v) is 28.8. The Morgan fingerprint density at radius 2 is 1.43 bits per heavy atom. The molecule has 0 spiro atoms. The van der Waals surface area contributed by atoms with Gasteiger partial charge in [0.1, 0.15) is 0 Å². The van der Waals surface area contributed by atoms with Crippen molar-refractivity contribution in [1.82, 2.24) is 0 Å². The Morgan fingerprint density at radius 3 is 2.03 bits per heavy atom. The van der Waals surface area contributed by atoms with Gasteiger partial charge in [-0.1, -0.05) is 25.5 Å². The fraction of sp³-hybridized carbons (Fsp3) is 0.893. The third-order valence-corrected chi connectivity index (χ3v) is 11.9. The molecule has 3 fully saturated rings. The Balaban J connectivity index is 1.62. The Bertz CT molecular complexity index is 868. The highest BCUT2D eigenvalue weighted by Crippen LogP contribution is 2.64. The maximum atomic E-state index is 6.82. The van der Waals surface area contributed by atoms with Crippen LogP contribution in [-0.2, 0) is 13.4 Å². The van der Waals surface area contributed by atoms with Crippen molar-refractivity contribution < 1.29 is 13.4 Å². The van der Waals surface area contributed by atoms with E-state index < -0.39 is 25.0 Å². The maximum Gasteiger partial charge on any atom is 0.278 e. The highest BCUT2D eigenvalue weighted by Gasteiger charge is 2.61. The van der Waals surface area contributed by atoms with Gasteiger partial charge >= 0.3 is 0 Å². The number of hydrogen-bond acceptors (Lipinski definition) is 4. The number of fused-ring (bicyclic) bond motifs is 5. The number of hydrogen-bond donors (Lipinski definition) is 0. The molecule has 0 aromatic rings. The van der Waals surface area contributed by atoms with E-state index >= 15 is 0 Å². The Morgan fingerprint density at radius 1 is 0.800 bits per heavy atom. The molecule has 4 aliphatic rings. The lowest BCUT2D eigenvalue weighted by molar-refractivity contribution is -0.0213. The molecule has 4 rings (SSSR count). The summed E-state index contributed by atoms with van der Waals surface area (Å²) >= 11 is 0. The molecular formula is C28H53NO3Si3. The highest BCUT2D eigenvalue weighted by molar-refractivity contribution is 6.70. The van der Waals surface area contributed by atoms with Crippen LogP contribution in [0.5, 0.6) is 0 Å². The molecule has 7 heteroatoms. The Kier molecular flexibility index (Phi) is 7.32. The Labute approximate surface area is 219 Å². The average Bonchev–Trinajstić information content (AvgIpc) is 2.94. The molecule has 3 saturated carbocycles. The van der Waals surface area contributed by atoms with Crippen molar-refractivity contribution in [3.05, 3.63) is 11.6 Å². The summed E-state index contributed by atoms with van der Waals surface area (Å²) in [7, 11) is -4.95. The van der Waals surface area contributed by atoms with E-state index in [1.807, 2.05) is 0 Å². The summed E-state index contributed by atoms with van der Waals surface area (Å²) < 4.78 is 19.6. The van der Waals surface area contributed by atoms with Gasteiger partial charge in [0.2, 0.25) is 0 Å².